The van der Waals surface area contributed by atoms with Crippen LogP contribution in [0.15, 0.2) is 12.4 Å². The summed E-state index contributed by atoms with van der Waals surface area (Å²) in [6.07, 6.45) is 5.16. The number of hydrogen-bond acceptors (Lipinski definition) is 5. The van der Waals surface area contributed by atoms with Gasteiger partial charge in [-0.25, -0.2) is 4.98 Å². The van der Waals surface area contributed by atoms with Crippen molar-refractivity contribution < 1.29 is 0 Å². The Hall–Kier alpha value is -1.69. The summed E-state index contributed by atoms with van der Waals surface area (Å²) in [5.41, 5.74) is 0.981. The first kappa shape index (κ1) is 12.3. The lowest BCUT2D eigenvalue weighted by atomic mass is 10.1. The summed E-state index contributed by atoms with van der Waals surface area (Å²) in [6.45, 7) is 4.21. The van der Waals surface area contributed by atoms with Crippen molar-refractivity contribution in [1.82, 2.24) is 24.9 Å². The van der Waals surface area contributed by atoms with Crippen LogP contribution in [0.25, 0.3) is 5.78 Å². The second-order valence-electron chi connectivity index (χ2n) is 5.17. The van der Waals surface area contributed by atoms with E-state index in [-0.39, 0.29) is 0 Å². The van der Waals surface area contributed by atoms with Crippen molar-refractivity contribution >= 4 is 11.6 Å². The van der Waals surface area contributed by atoms with Gasteiger partial charge in [0, 0.05) is 24.8 Å². The molecule has 102 valence electrons. The summed E-state index contributed by atoms with van der Waals surface area (Å²) >= 11 is 0. The predicted octanol–water partition coefficient (Wildman–Crippen LogP) is 1.01. The standard InChI is InChI=1S/C13H20N6/c1-10-8-12(19-13(17-10)15-9-16-19)18(2)11-4-3-6-14-7-5-11/h8-9,11,14H,3-7H2,1-2H3. The lowest BCUT2D eigenvalue weighted by molar-refractivity contribution is 0.557. The van der Waals surface area contributed by atoms with Crippen LogP contribution in [0.2, 0.25) is 0 Å². The minimum Gasteiger partial charge on any atom is -0.356 e. The molecule has 1 unspecified atom stereocenters. The maximum atomic E-state index is 4.39. The summed E-state index contributed by atoms with van der Waals surface area (Å²) in [5.74, 6) is 1.75. The molecule has 0 aliphatic carbocycles. The van der Waals surface area contributed by atoms with Crippen molar-refractivity contribution in [3.8, 4) is 0 Å². The molecule has 6 heteroatoms. The zero-order chi connectivity index (χ0) is 13.2. The first-order chi connectivity index (χ1) is 9.25. The van der Waals surface area contributed by atoms with Crippen LogP contribution in [0.3, 0.4) is 0 Å². The molecule has 1 N–H and O–H groups in total. The van der Waals surface area contributed by atoms with Gasteiger partial charge < -0.3 is 10.2 Å². The van der Waals surface area contributed by atoms with Gasteiger partial charge in [-0.1, -0.05) is 0 Å². The van der Waals surface area contributed by atoms with E-state index in [9.17, 15) is 0 Å². The lowest BCUT2D eigenvalue weighted by Crippen LogP contribution is -2.34. The van der Waals surface area contributed by atoms with Gasteiger partial charge in [-0.2, -0.15) is 14.6 Å². The summed E-state index contributed by atoms with van der Waals surface area (Å²) < 4.78 is 1.82. The van der Waals surface area contributed by atoms with Crippen LogP contribution in [0.4, 0.5) is 5.82 Å². The van der Waals surface area contributed by atoms with Crippen LogP contribution in [0.1, 0.15) is 25.0 Å². The smallest absolute Gasteiger partial charge is 0.254 e. The zero-order valence-corrected chi connectivity index (χ0v) is 11.5. The molecule has 3 rings (SSSR count). The molecular weight excluding hydrogens is 240 g/mol. The number of rotatable bonds is 2. The van der Waals surface area contributed by atoms with E-state index < -0.39 is 0 Å². The summed E-state index contributed by atoms with van der Waals surface area (Å²) in [7, 11) is 2.14. The molecule has 0 radical (unpaired) electrons. The van der Waals surface area contributed by atoms with Crippen molar-refractivity contribution in [2.75, 3.05) is 25.0 Å². The average molecular weight is 260 g/mol. The molecule has 0 saturated carbocycles. The van der Waals surface area contributed by atoms with Crippen LogP contribution in [0.5, 0.6) is 0 Å². The predicted molar refractivity (Wildman–Crippen MR) is 74.4 cm³/mol. The Bertz CT molecular complexity index is 555. The van der Waals surface area contributed by atoms with Gasteiger partial charge in [0.05, 0.1) is 0 Å². The van der Waals surface area contributed by atoms with E-state index in [1.165, 1.54) is 12.8 Å². The fraction of sp³-hybridized carbons (Fsp3) is 0.615. The van der Waals surface area contributed by atoms with Crippen molar-refractivity contribution in [3.63, 3.8) is 0 Å². The van der Waals surface area contributed by atoms with Gasteiger partial charge >= 0.3 is 0 Å². The van der Waals surface area contributed by atoms with Gasteiger partial charge in [0.25, 0.3) is 5.78 Å². The second-order valence-corrected chi connectivity index (χ2v) is 5.17. The van der Waals surface area contributed by atoms with E-state index >= 15 is 0 Å². The Morgan fingerprint density at radius 3 is 3.16 bits per heavy atom. The molecule has 6 nitrogen and oxygen atoms in total. The fourth-order valence-electron chi connectivity index (χ4n) is 2.74. The highest BCUT2D eigenvalue weighted by Crippen LogP contribution is 2.21. The first-order valence-electron chi connectivity index (χ1n) is 6.86. The van der Waals surface area contributed by atoms with Crippen LogP contribution in [-0.4, -0.2) is 45.8 Å². The highest BCUT2D eigenvalue weighted by molar-refractivity contribution is 5.47. The van der Waals surface area contributed by atoms with Crippen molar-refractivity contribution in [3.05, 3.63) is 18.1 Å². The Morgan fingerprint density at radius 1 is 1.37 bits per heavy atom. The van der Waals surface area contributed by atoms with Crippen molar-refractivity contribution in [1.29, 1.82) is 0 Å². The van der Waals surface area contributed by atoms with Crippen LogP contribution < -0.4 is 10.2 Å². The number of hydrogen-bond donors (Lipinski definition) is 1. The minimum absolute atomic E-state index is 0.546. The quantitative estimate of drug-likeness (QED) is 0.873. The fourth-order valence-corrected chi connectivity index (χ4v) is 2.74. The van der Waals surface area contributed by atoms with Gasteiger partial charge in [-0.3, -0.25) is 0 Å². The third-order valence-electron chi connectivity index (χ3n) is 3.82. The molecule has 1 aliphatic rings. The molecule has 2 aromatic rings. The Morgan fingerprint density at radius 2 is 2.26 bits per heavy atom. The molecule has 1 fully saturated rings. The molecule has 0 amide bonds. The molecule has 1 aliphatic heterocycles. The van der Waals surface area contributed by atoms with Gasteiger partial charge in [0.2, 0.25) is 0 Å². The van der Waals surface area contributed by atoms with Gasteiger partial charge in [0.15, 0.2) is 0 Å². The summed E-state index contributed by atoms with van der Waals surface area (Å²) in [6, 6.07) is 2.63. The molecule has 2 aromatic heterocycles. The Kier molecular flexibility index (Phi) is 3.33. The number of anilines is 1. The van der Waals surface area contributed by atoms with Crippen molar-refractivity contribution in [2.24, 2.45) is 0 Å². The van der Waals surface area contributed by atoms with E-state index in [1.807, 2.05) is 11.4 Å². The highest BCUT2D eigenvalue weighted by Gasteiger charge is 2.20. The third kappa shape index (κ3) is 2.40. The average Bonchev–Trinajstić information content (AvgIpc) is 2.70. The molecular formula is C13H20N6. The van der Waals surface area contributed by atoms with Gasteiger partial charge in [-0.05, 0) is 39.3 Å². The molecule has 19 heavy (non-hydrogen) atoms. The highest BCUT2D eigenvalue weighted by atomic mass is 15.4. The maximum absolute atomic E-state index is 4.39. The normalized spacial score (nSPS) is 20.4. The van der Waals surface area contributed by atoms with Crippen LogP contribution >= 0.6 is 0 Å². The molecule has 1 saturated heterocycles. The molecule has 1 atom stereocenters. The number of nitrogens with one attached hydrogen (secondary N) is 1. The third-order valence-corrected chi connectivity index (χ3v) is 3.82. The lowest BCUT2D eigenvalue weighted by Gasteiger charge is -2.29. The molecule has 0 aromatic carbocycles. The van der Waals surface area contributed by atoms with E-state index in [0.717, 1.165) is 31.0 Å². The zero-order valence-electron chi connectivity index (χ0n) is 11.5. The maximum Gasteiger partial charge on any atom is 0.254 e. The first-order valence-corrected chi connectivity index (χ1v) is 6.86. The van der Waals surface area contributed by atoms with Crippen LogP contribution in [-0.2, 0) is 0 Å². The number of aryl methyl sites for hydroxylation is 1. The number of aromatic nitrogens is 4. The summed E-state index contributed by atoms with van der Waals surface area (Å²) in [5, 5.41) is 7.74. The van der Waals surface area contributed by atoms with E-state index in [4.69, 9.17) is 0 Å². The summed E-state index contributed by atoms with van der Waals surface area (Å²) in [4.78, 5) is 10.9. The minimum atomic E-state index is 0.546. The molecule has 3 heterocycles. The topological polar surface area (TPSA) is 58.4 Å². The molecule has 0 bridgehead atoms. The Balaban J connectivity index is 1.95. The second kappa shape index (κ2) is 5.13. The largest absolute Gasteiger partial charge is 0.356 e. The number of nitrogens with zero attached hydrogens (tertiary/aromatic N) is 5. The number of fused-ring (bicyclic) bond motifs is 1. The van der Waals surface area contributed by atoms with E-state index in [0.29, 0.717) is 11.8 Å². The molecule has 0 spiro atoms. The van der Waals surface area contributed by atoms with Crippen molar-refractivity contribution in [2.45, 2.75) is 32.2 Å². The van der Waals surface area contributed by atoms with Gasteiger partial charge in [0.1, 0.15) is 12.1 Å². The van der Waals surface area contributed by atoms with Crippen LogP contribution in [0, 0.1) is 6.92 Å². The van der Waals surface area contributed by atoms with E-state index in [2.05, 4.69) is 38.4 Å². The SMILES string of the molecule is Cc1cc(N(C)C2CCCNCC2)n2ncnc2n1. The monoisotopic (exact) mass is 260 g/mol. The Labute approximate surface area is 112 Å². The van der Waals surface area contributed by atoms with Gasteiger partial charge in [-0.15, -0.1) is 0 Å². The van der Waals surface area contributed by atoms with E-state index in [1.54, 1.807) is 6.33 Å².